The second kappa shape index (κ2) is 12.4. The number of benzene rings is 2. The van der Waals surface area contributed by atoms with Crippen molar-refractivity contribution in [1.82, 2.24) is 24.8 Å². The fraction of sp³-hybridized carbons (Fsp3) is 0.300. The van der Waals surface area contributed by atoms with E-state index in [1.54, 1.807) is 12.3 Å². The lowest BCUT2D eigenvalue weighted by Crippen LogP contribution is -2.39. The average molecular weight is 544 g/mol. The van der Waals surface area contributed by atoms with Gasteiger partial charge >= 0.3 is 0 Å². The van der Waals surface area contributed by atoms with Crippen molar-refractivity contribution in [2.24, 2.45) is 0 Å². The average Bonchev–Trinajstić information content (AvgIpc) is 3.35. The van der Waals surface area contributed by atoms with Gasteiger partial charge in [-0.1, -0.05) is 48.0 Å². The first-order valence-corrected chi connectivity index (χ1v) is 13.6. The first-order chi connectivity index (χ1) is 18.9. The number of piperidine rings is 1. The Morgan fingerprint density at radius 3 is 2.82 bits per heavy atom. The first kappa shape index (κ1) is 26.9. The van der Waals surface area contributed by atoms with Crippen LogP contribution in [0.5, 0.6) is 0 Å². The van der Waals surface area contributed by atoms with E-state index in [4.69, 9.17) is 16.6 Å². The van der Waals surface area contributed by atoms with Gasteiger partial charge in [0.15, 0.2) is 0 Å². The predicted molar refractivity (Wildman–Crippen MR) is 159 cm³/mol. The van der Waals surface area contributed by atoms with Crippen molar-refractivity contribution in [2.45, 2.75) is 25.4 Å². The van der Waals surface area contributed by atoms with Gasteiger partial charge in [0.2, 0.25) is 11.9 Å². The Kier molecular flexibility index (Phi) is 8.56. The van der Waals surface area contributed by atoms with Crippen LogP contribution in [0, 0.1) is 0 Å². The van der Waals surface area contributed by atoms with Gasteiger partial charge in [-0.2, -0.15) is 0 Å². The highest BCUT2D eigenvalue weighted by Gasteiger charge is 2.21. The zero-order chi connectivity index (χ0) is 27.2. The number of carbonyl (C=O) groups excluding carboxylic acids is 1. The van der Waals surface area contributed by atoms with E-state index < -0.39 is 0 Å². The molecule has 0 unspecified atom stereocenters. The highest BCUT2D eigenvalue weighted by atomic mass is 35.5. The highest BCUT2D eigenvalue weighted by Crippen LogP contribution is 2.32. The summed E-state index contributed by atoms with van der Waals surface area (Å²) in [6.45, 7) is 3.50. The number of aromatic nitrogens is 3. The van der Waals surface area contributed by atoms with Gasteiger partial charge in [-0.3, -0.25) is 9.69 Å². The van der Waals surface area contributed by atoms with Crippen LogP contribution in [-0.2, 0) is 11.3 Å². The Hall–Kier alpha value is -3.72. The number of likely N-dealkylation sites (tertiary alicyclic amines) is 1. The summed E-state index contributed by atoms with van der Waals surface area (Å²) in [5.41, 5.74) is 4.74. The summed E-state index contributed by atoms with van der Waals surface area (Å²) in [5.74, 6) is 0.486. The van der Waals surface area contributed by atoms with E-state index in [0.29, 0.717) is 11.0 Å². The SMILES string of the molecule is CN(C)C/C=C/C(=O)Nc1cccc(CN2CCC(Nc3ncc(Cl)c(-c4c[nH]c5ccccc45)n3)CC2)c1. The molecule has 1 aliphatic heterocycles. The van der Waals surface area contributed by atoms with Crippen LogP contribution in [0.1, 0.15) is 18.4 Å². The van der Waals surface area contributed by atoms with Crippen LogP contribution >= 0.6 is 11.6 Å². The minimum absolute atomic E-state index is 0.113. The molecule has 8 nitrogen and oxygen atoms in total. The highest BCUT2D eigenvalue weighted by molar-refractivity contribution is 6.33. The fourth-order valence-corrected chi connectivity index (χ4v) is 5.06. The molecular formula is C30H34ClN7O. The Morgan fingerprint density at radius 1 is 1.18 bits per heavy atom. The van der Waals surface area contributed by atoms with E-state index in [-0.39, 0.29) is 11.9 Å². The largest absolute Gasteiger partial charge is 0.360 e. The molecule has 202 valence electrons. The molecule has 2 aromatic heterocycles. The Bertz CT molecular complexity index is 1460. The first-order valence-electron chi connectivity index (χ1n) is 13.2. The zero-order valence-corrected chi connectivity index (χ0v) is 23.1. The molecule has 9 heteroatoms. The number of aromatic amines is 1. The molecule has 39 heavy (non-hydrogen) atoms. The number of nitrogens with one attached hydrogen (secondary N) is 3. The molecule has 1 amide bonds. The summed E-state index contributed by atoms with van der Waals surface area (Å²) in [6, 6.07) is 16.5. The molecule has 0 spiro atoms. The number of halogens is 1. The van der Waals surface area contributed by atoms with Gasteiger partial charge in [0, 0.05) is 66.6 Å². The summed E-state index contributed by atoms with van der Waals surface area (Å²) in [7, 11) is 3.94. The van der Waals surface area contributed by atoms with Crippen molar-refractivity contribution in [3.05, 3.63) is 83.7 Å². The molecule has 0 saturated carbocycles. The molecule has 0 radical (unpaired) electrons. The quantitative estimate of drug-likeness (QED) is 0.245. The van der Waals surface area contributed by atoms with E-state index in [9.17, 15) is 4.79 Å². The second-order valence-electron chi connectivity index (χ2n) is 10.2. The van der Waals surface area contributed by atoms with Crippen LogP contribution in [0.3, 0.4) is 0 Å². The van der Waals surface area contributed by atoms with Crippen molar-refractivity contribution in [3.8, 4) is 11.3 Å². The third kappa shape index (κ3) is 7.03. The number of fused-ring (bicyclic) bond motifs is 1. The molecule has 3 heterocycles. The number of hydrogen-bond donors (Lipinski definition) is 3. The minimum Gasteiger partial charge on any atom is -0.360 e. The van der Waals surface area contributed by atoms with Crippen LogP contribution < -0.4 is 10.6 Å². The molecule has 5 rings (SSSR count). The Balaban J connectivity index is 1.15. The molecule has 1 aliphatic rings. The van der Waals surface area contributed by atoms with Crippen LogP contribution in [0.15, 0.2) is 73.1 Å². The third-order valence-corrected chi connectivity index (χ3v) is 7.13. The second-order valence-corrected chi connectivity index (χ2v) is 10.6. The number of rotatable bonds is 9. The molecule has 2 aromatic carbocycles. The number of hydrogen-bond acceptors (Lipinski definition) is 6. The molecule has 0 aliphatic carbocycles. The predicted octanol–water partition coefficient (Wildman–Crippen LogP) is 5.41. The van der Waals surface area contributed by atoms with Crippen LogP contribution in [0.25, 0.3) is 22.2 Å². The smallest absolute Gasteiger partial charge is 0.248 e. The number of nitrogens with zero attached hydrogens (tertiary/aromatic N) is 4. The third-order valence-electron chi connectivity index (χ3n) is 6.85. The minimum atomic E-state index is -0.113. The van der Waals surface area contributed by atoms with Gasteiger partial charge in [-0.25, -0.2) is 9.97 Å². The van der Waals surface area contributed by atoms with Crippen molar-refractivity contribution in [2.75, 3.05) is 44.4 Å². The zero-order valence-electron chi connectivity index (χ0n) is 22.3. The maximum atomic E-state index is 12.2. The number of anilines is 2. The number of likely N-dealkylation sites (N-methyl/N-ethyl adjacent to an activating group) is 1. The van der Waals surface area contributed by atoms with Crippen LogP contribution in [0.4, 0.5) is 11.6 Å². The number of carbonyl (C=O) groups is 1. The van der Waals surface area contributed by atoms with Crippen molar-refractivity contribution in [3.63, 3.8) is 0 Å². The molecular weight excluding hydrogens is 510 g/mol. The van der Waals surface area contributed by atoms with Gasteiger partial charge in [0.1, 0.15) is 0 Å². The van der Waals surface area contributed by atoms with E-state index in [1.165, 1.54) is 5.56 Å². The number of para-hydroxylation sites is 1. The lowest BCUT2D eigenvalue weighted by Gasteiger charge is -2.32. The summed E-state index contributed by atoms with van der Waals surface area (Å²) >= 11 is 6.50. The molecule has 0 atom stereocenters. The summed E-state index contributed by atoms with van der Waals surface area (Å²) in [6.07, 6.45) is 9.03. The summed E-state index contributed by atoms with van der Waals surface area (Å²) in [4.78, 5) is 29.2. The molecule has 1 saturated heterocycles. The fourth-order valence-electron chi connectivity index (χ4n) is 4.87. The summed E-state index contributed by atoms with van der Waals surface area (Å²) in [5, 5.41) is 8.10. The number of H-pyrrole nitrogens is 1. The van der Waals surface area contributed by atoms with Gasteiger partial charge in [0.05, 0.1) is 16.9 Å². The van der Waals surface area contributed by atoms with Crippen molar-refractivity contribution < 1.29 is 4.79 Å². The lowest BCUT2D eigenvalue weighted by atomic mass is 10.0. The molecule has 3 N–H and O–H groups in total. The van der Waals surface area contributed by atoms with Crippen molar-refractivity contribution in [1.29, 1.82) is 0 Å². The lowest BCUT2D eigenvalue weighted by molar-refractivity contribution is -0.111. The van der Waals surface area contributed by atoms with E-state index in [1.807, 2.05) is 61.6 Å². The van der Waals surface area contributed by atoms with E-state index >= 15 is 0 Å². The maximum Gasteiger partial charge on any atom is 0.248 e. The van der Waals surface area contributed by atoms with Gasteiger partial charge in [0.25, 0.3) is 0 Å². The standard InChI is InChI=1S/C30H34ClN7O/c1-37(2)14-6-11-28(39)34-23-8-5-7-21(17-23)20-38-15-12-22(13-16-38)35-30-33-19-26(31)29(36-30)25-18-32-27-10-4-3-9-24(25)27/h3-11,17-19,22,32H,12-16,20H2,1-2H3,(H,34,39)(H,33,35,36)/b11-6+. The number of amides is 1. The monoisotopic (exact) mass is 543 g/mol. The Labute approximate surface area is 234 Å². The molecule has 0 bridgehead atoms. The van der Waals surface area contributed by atoms with E-state index in [0.717, 1.165) is 66.9 Å². The Morgan fingerprint density at radius 2 is 2.00 bits per heavy atom. The normalized spacial score (nSPS) is 14.9. The van der Waals surface area contributed by atoms with Crippen LogP contribution in [0.2, 0.25) is 5.02 Å². The maximum absolute atomic E-state index is 12.2. The topological polar surface area (TPSA) is 89.2 Å². The van der Waals surface area contributed by atoms with Crippen molar-refractivity contribution >= 4 is 40.0 Å². The molecule has 4 aromatic rings. The van der Waals surface area contributed by atoms with Gasteiger partial charge in [-0.05, 0) is 50.7 Å². The van der Waals surface area contributed by atoms with Gasteiger partial charge < -0.3 is 20.5 Å². The van der Waals surface area contributed by atoms with Gasteiger partial charge in [-0.15, -0.1) is 0 Å². The van der Waals surface area contributed by atoms with E-state index in [2.05, 4.69) is 43.7 Å². The summed E-state index contributed by atoms with van der Waals surface area (Å²) < 4.78 is 0. The van der Waals surface area contributed by atoms with Crippen LogP contribution in [-0.4, -0.2) is 70.4 Å². The molecule has 1 fully saturated rings.